The fraction of sp³-hybridized carbons (Fsp3) is 0.280. The number of rotatable bonds is 6. The maximum absolute atomic E-state index is 13.3. The van der Waals surface area contributed by atoms with Crippen LogP contribution in [0.5, 0.6) is 5.75 Å². The number of carbonyl (C=O) groups is 2. The highest BCUT2D eigenvalue weighted by molar-refractivity contribution is 6.23. The minimum Gasteiger partial charge on any atom is -0.497 e. The van der Waals surface area contributed by atoms with Gasteiger partial charge in [-0.1, -0.05) is 38.1 Å². The van der Waals surface area contributed by atoms with E-state index in [1.54, 1.807) is 56.2 Å². The SMILES string of the molecule is CCOC(=O)C1=C(C)N(c2ccc(OC)cc2)C(=O)C1=Cc1ccc(C(C)C)cc1. The van der Waals surface area contributed by atoms with Crippen molar-refractivity contribution in [2.45, 2.75) is 33.6 Å². The molecule has 0 aromatic heterocycles. The lowest BCUT2D eigenvalue weighted by atomic mass is 9.99. The molecule has 1 heterocycles. The first-order valence-corrected chi connectivity index (χ1v) is 10.1. The first kappa shape index (κ1) is 21.4. The normalized spacial score (nSPS) is 15.3. The van der Waals surface area contributed by atoms with Crippen molar-refractivity contribution in [2.75, 3.05) is 18.6 Å². The summed E-state index contributed by atoms with van der Waals surface area (Å²) in [6.45, 7) is 8.01. The Bertz CT molecular complexity index is 998. The molecule has 5 nitrogen and oxygen atoms in total. The first-order chi connectivity index (χ1) is 14.4. The molecule has 0 unspecified atom stereocenters. The zero-order chi connectivity index (χ0) is 21.8. The van der Waals surface area contributed by atoms with E-state index in [1.165, 1.54) is 5.56 Å². The van der Waals surface area contributed by atoms with Crippen LogP contribution in [0.25, 0.3) is 6.08 Å². The molecule has 0 N–H and O–H groups in total. The Labute approximate surface area is 177 Å². The molecule has 0 radical (unpaired) electrons. The van der Waals surface area contributed by atoms with Crippen LogP contribution < -0.4 is 9.64 Å². The fourth-order valence-corrected chi connectivity index (χ4v) is 3.47. The molecule has 2 aromatic carbocycles. The van der Waals surface area contributed by atoms with E-state index in [4.69, 9.17) is 9.47 Å². The molecule has 0 aliphatic carbocycles. The van der Waals surface area contributed by atoms with Gasteiger partial charge in [-0.3, -0.25) is 9.69 Å². The summed E-state index contributed by atoms with van der Waals surface area (Å²) < 4.78 is 10.4. The average Bonchev–Trinajstić information content (AvgIpc) is 2.98. The van der Waals surface area contributed by atoms with E-state index in [1.807, 2.05) is 24.3 Å². The Morgan fingerprint density at radius 2 is 1.70 bits per heavy atom. The molecule has 1 aliphatic heterocycles. The minimum atomic E-state index is -0.496. The molecule has 156 valence electrons. The van der Waals surface area contributed by atoms with Gasteiger partial charge in [0.2, 0.25) is 0 Å². The van der Waals surface area contributed by atoms with E-state index in [-0.39, 0.29) is 12.5 Å². The molecule has 0 spiro atoms. The lowest BCUT2D eigenvalue weighted by Crippen LogP contribution is -2.24. The van der Waals surface area contributed by atoms with Gasteiger partial charge in [-0.25, -0.2) is 4.79 Å². The molecule has 0 atom stereocenters. The number of esters is 1. The van der Waals surface area contributed by atoms with Crippen LogP contribution in [-0.2, 0) is 14.3 Å². The summed E-state index contributed by atoms with van der Waals surface area (Å²) in [5.41, 5.74) is 3.91. The summed E-state index contributed by atoms with van der Waals surface area (Å²) >= 11 is 0. The number of carbonyl (C=O) groups excluding carboxylic acids is 2. The molecule has 0 fully saturated rings. The van der Waals surface area contributed by atoms with Crippen molar-refractivity contribution in [1.29, 1.82) is 0 Å². The quantitative estimate of drug-likeness (QED) is 0.496. The van der Waals surface area contributed by atoms with Gasteiger partial charge in [-0.2, -0.15) is 0 Å². The van der Waals surface area contributed by atoms with E-state index in [0.29, 0.717) is 34.2 Å². The second-order valence-corrected chi connectivity index (χ2v) is 7.40. The van der Waals surface area contributed by atoms with E-state index < -0.39 is 5.97 Å². The van der Waals surface area contributed by atoms with Crippen LogP contribution in [0, 0.1) is 0 Å². The third kappa shape index (κ3) is 4.15. The second-order valence-electron chi connectivity index (χ2n) is 7.40. The van der Waals surface area contributed by atoms with Gasteiger partial charge in [0.1, 0.15) is 5.75 Å². The molecule has 3 rings (SSSR count). The predicted octanol–water partition coefficient (Wildman–Crippen LogP) is 5.09. The lowest BCUT2D eigenvalue weighted by molar-refractivity contribution is -0.138. The van der Waals surface area contributed by atoms with E-state index >= 15 is 0 Å². The van der Waals surface area contributed by atoms with Crippen LogP contribution >= 0.6 is 0 Å². The molecule has 1 amide bonds. The van der Waals surface area contributed by atoms with Gasteiger partial charge in [-0.05, 0) is 61.2 Å². The van der Waals surface area contributed by atoms with Crippen LogP contribution in [0.1, 0.15) is 44.7 Å². The number of hydrogen-bond donors (Lipinski definition) is 0. The zero-order valence-electron chi connectivity index (χ0n) is 18.1. The number of hydrogen-bond acceptors (Lipinski definition) is 4. The molecular weight excluding hydrogens is 378 g/mol. The summed E-state index contributed by atoms with van der Waals surface area (Å²) in [5, 5.41) is 0. The molecule has 0 saturated heterocycles. The predicted molar refractivity (Wildman–Crippen MR) is 118 cm³/mol. The van der Waals surface area contributed by atoms with Crippen molar-refractivity contribution in [3.8, 4) is 5.75 Å². The average molecular weight is 405 g/mol. The van der Waals surface area contributed by atoms with Crippen LogP contribution in [0.3, 0.4) is 0 Å². The van der Waals surface area contributed by atoms with Crippen LogP contribution in [-0.4, -0.2) is 25.6 Å². The smallest absolute Gasteiger partial charge is 0.340 e. The van der Waals surface area contributed by atoms with Crippen molar-refractivity contribution in [3.63, 3.8) is 0 Å². The number of methoxy groups -OCH3 is 1. The number of benzene rings is 2. The van der Waals surface area contributed by atoms with Crippen LogP contribution in [0.2, 0.25) is 0 Å². The number of nitrogens with zero attached hydrogens (tertiary/aromatic N) is 1. The number of ether oxygens (including phenoxy) is 2. The highest BCUT2D eigenvalue weighted by Gasteiger charge is 2.38. The molecule has 2 aromatic rings. The monoisotopic (exact) mass is 405 g/mol. The van der Waals surface area contributed by atoms with Crippen molar-refractivity contribution >= 4 is 23.6 Å². The largest absolute Gasteiger partial charge is 0.497 e. The van der Waals surface area contributed by atoms with Gasteiger partial charge >= 0.3 is 5.97 Å². The Balaban J connectivity index is 2.06. The summed E-state index contributed by atoms with van der Waals surface area (Å²) in [6, 6.07) is 15.2. The second kappa shape index (κ2) is 8.99. The molecule has 1 aliphatic rings. The molecule has 0 bridgehead atoms. The van der Waals surface area contributed by atoms with Crippen molar-refractivity contribution < 1.29 is 19.1 Å². The Kier molecular flexibility index (Phi) is 6.40. The maximum atomic E-state index is 13.3. The molecule has 0 saturated carbocycles. The van der Waals surface area contributed by atoms with Crippen molar-refractivity contribution in [2.24, 2.45) is 0 Å². The number of amides is 1. The highest BCUT2D eigenvalue weighted by atomic mass is 16.5. The number of allylic oxidation sites excluding steroid dienone is 1. The Hall–Kier alpha value is -3.34. The Morgan fingerprint density at radius 1 is 1.07 bits per heavy atom. The van der Waals surface area contributed by atoms with E-state index in [9.17, 15) is 9.59 Å². The topological polar surface area (TPSA) is 55.8 Å². The summed E-state index contributed by atoms with van der Waals surface area (Å²) in [5.74, 6) is 0.360. The lowest BCUT2D eigenvalue weighted by Gasteiger charge is -2.18. The summed E-state index contributed by atoms with van der Waals surface area (Å²) in [6.07, 6.45) is 1.76. The van der Waals surface area contributed by atoms with Crippen molar-refractivity contribution in [3.05, 3.63) is 76.5 Å². The van der Waals surface area contributed by atoms with E-state index in [2.05, 4.69) is 13.8 Å². The van der Waals surface area contributed by atoms with E-state index in [0.717, 1.165) is 5.56 Å². The fourth-order valence-electron chi connectivity index (χ4n) is 3.47. The van der Waals surface area contributed by atoms with Crippen molar-refractivity contribution in [1.82, 2.24) is 0 Å². The zero-order valence-corrected chi connectivity index (χ0v) is 18.1. The summed E-state index contributed by atoms with van der Waals surface area (Å²) in [7, 11) is 1.59. The Morgan fingerprint density at radius 3 is 2.23 bits per heavy atom. The van der Waals surface area contributed by atoms with Gasteiger partial charge in [0.25, 0.3) is 5.91 Å². The third-order valence-electron chi connectivity index (χ3n) is 5.12. The minimum absolute atomic E-state index is 0.239. The van der Waals surface area contributed by atoms with Gasteiger partial charge in [-0.15, -0.1) is 0 Å². The van der Waals surface area contributed by atoms with Crippen LogP contribution in [0.4, 0.5) is 5.69 Å². The maximum Gasteiger partial charge on any atom is 0.340 e. The standard InChI is InChI=1S/C25H27NO4/c1-6-30-25(28)23-17(4)26(20-11-13-21(29-5)14-12-20)24(27)22(23)15-18-7-9-19(10-8-18)16(2)3/h7-16H,6H2,1-5H3. The molecule has 30 heavy (non-hydrogen) atoms. The molecular formula is C25H27NO4. The van der Waals surface area contributed by atoms with Gasteiger partial charge in [0.05, 0.1) is 24.9 Å². The van der Waals surface area contributed by atoms with Gasteiger partial charge in [0.15, 0.2) is 0 Å². The third-order valence-corrected chi connectivity index (χ3v) is 5.12. The van der Waals surface area contributed by atoms with Gasteiger partial charge < -0.3 is 9.47 Å². The summed E-state index contributed by atoms with van der Waals surface area (Å²) in [4.78, 5) is 27.6. The van der Waals surface area contributed by atoms with Gasteiger partial charge in [0, 0.05) is 11.4 Å². The number of anilines is 1. The first-order valence-electron chi connectivity index (χ1n) is 10.1. The van der Waals surface area contributed by atoms with Crippen LogP contribution in [0.15, 0.2) is 65.4 Å². The molecule has 5 heteroatoms. The highest BCUT2D eigenvalue weighted by Crippen LogP contribution is 2.36.